The Labute approximate surface area is 185 Å². The Morgan fingerprint density at radius 2 is 1.78 bits per heavy atom. The van der Waals surface area contributed by atoms with E-state index in [9.17, 15) is 0 Å². The molecule has 9 heteroatoms. The molecule has 150 valence electrons. The van der Waals surface area contributed by atoms with Crippen LogP contribution in [-0.2, 0) is 13.1 Å². The number of aliphatic imine (C=N–C) groups is 1. The monoisotopic (exact) mass is 552 g/mol. The normalized spacial score (nSPS) is 11.1. The van der Waals surface area contributed by atoms with Gasteiger partial charge in [-0.25, -0.2) is 0 Å². The molecular formula is C18H26BrIN4O3. The molecule has 0 spiro atoms. The summed E-state index contributed by atoms with van der Waals surface area (Å²) in [6.45, 7) is 5.23. The number of methoxy groups -OCH3 is 2. The second kappa shape index (κ2) is 11.4. The highest BCUT2D eigenvalue weighted by Gasteiger charge is 2.11. The number of halogens is 2. The zero-order valence-corrected chi connectivity index (χ0v) is 20.0. The fourth-order valence-corrected chi connectivity index (χ4v) is 2.75. The number of hydrogen-bond donors (Lipinski definition) is 2. The van der Waals surface area contributed by atoms with Gasteiger partial charge in [0.1, 0.15) is 0 Å². The summed E-state index contributed by atoms with van der Waals surface area (Å²) in [6.07, 6.45) is 0. The molecule has 0 amide bonds. The lowest BCUT2D eigenvalue weighted by atomic mass is 10.1. The van der Waals surface area contributed by atoms with Gasteiger partial charge in [-0.3, -0.25) is 4.99 Å². The van der Waals surface area contributed by atoms with E-state index in [0.717, 1.165) is 21.5 Å². The van der Waals surface area contributed by atoms with Crippen LogP contribution in [0.1, 0.15) is 36.8 Å². The van der Waals surface area contributed by atoms with Crippen LogP contribution in [-0.4, -0.2) is 32.4 Å². The second-order valence-electron chi connectivity index (χ2n) is 5.95. The van der Waals surface area contributed by atoms with Crippen molar-refractivity contribution in [1.29, 1.82) is 0 Å². The average molecular weight is 553 g/mol. The van der Waals surface area contributed by atoms with Gasteiger partial charge in [-0.1, -0.05) is 34.9 Å². The Morgan fingerprint density at radius 1 is 1.15 bits per heavy atom. The summed E-state index contributed by atoms with van der Waals surface area (Å²) in [4.78, 5) is 4.23. The summed E-state index contributed by atoms with van der Waals surface area (Å²) < 4.78 is 16.9. The van der Waals surface area contributed by atoms with E-state index in [2.05, 4.69) is 50.6 Å². The summed E-state index contributed by atoms with van der Waals surface area (Å²) in [5, 5.41) is 10.5. The van der Waals surface area contributed by atoms with Gasteiger partial charge in [-0.2, -0.15) is 0 Å². The molecule has 27 heavy (non-hydrogen) atoms. The van der Waals surface area contributed by atoms with E-state index < -0.39 is 0 Å². The molecule has 0 aliphatic carbocycles. The summed E-state index contributed by atoms with van der Waals surface area (Å²) in [6, 6.07) is 5.76. The largest absolute Gasteiger partial charge is 0.493 e. The molecule has 1 aromatic heterocycles. The Bertz CT molecular complexity index is 765. The number of rotatable bonds is 7. The van der Waals surface area contributed by atoms with Crippen molar-refractivity contribution in [3.8, 4) is 11.5 Å². The van der Waals surface area contributed by atoms with E-state index in [4.69, 9.17) is 14.0 Å². The number of guanidine groups is 1. The first-order valence-electron chi connectivity index (χ1n) is 8.28. The van der Waals surface area contributed by atoms with Crippen LogP contribution in [0.3, 0.4) is 0 Å². The molecule has 7 nitrogen and oxygen atoms in total. The summed E-state index contributed by atoms with van der Waals surface area (Å²) in [7, 11) is 4.95. The van der Waals surface area contributed by atoms with Crippen LogP contribution in [0, 0.1) is 0 Å². The molecule has 2 aromatic rings. The lowest BCUT2D eigenvalue weighted by Crippen LogP contribution is -2.36. The highest BCUT2D eigenvalue weighted by molar-refractivity contribution is 14.0. The van der Waals surface area contributed by atoms with Crippen LogP contribution in [0.25, 0.3) is 0 Å². The lowest BCUT2D eigenvalue weighted by Gasteiger charge is -2.14. The van der Waals surface area contributed by atoms with Gasteiger partial charge in [0, 0.05) is 24.1 Å². The van der Waals surface area contributed by atoms with Crippen LogP contribution in [0.5, 0.6) is 11.5 Å². The molecule has 1 aromatic carbocycles. The predicted octanol–water partition coefficient (Wildman–Crippen LogP) is 4.06. The first-order chi connectivity index (χ1) is 12.5. The maximum absolute atomic E-state index is 5.35. The van der Waals surface area contributed by atoms with Gasteiger partial charge in [-0.05, 0) is 23.6 Å². The van der Waals surface area contributed by atoms with Crippen LogP contribution < -0.4 is 20.1 Å². The van der Waals surface area contributed by atoms with Crippen molar-refractivity contribution in [2.75, 3.05) is 21.3 Å². The van der Waals surface area contributed by atoms with Crippen LogP contribution in [0.2, 0.25) is 0 Å². The Morgan fingerprint density at radius 3 is 2.33 bits per heavy atom. The number of ether oxygens (including phenoxy) is 2. The fourth-order valence-electron chi connectivity index (χ4n) is 2.29. The Kier molecular flexibility index (Phi) is 9.92. The Balaban J connectivity index is 0.00000364. The maximum Gasteiger partial charge on any atom is 0.191 e. The number of aromatic nitrogens is 1. The van der Waals surface area contributed by atoms with Gasteiger partial charge in [0.05, 0.1) is 26.5 Å². The van der Waals surface area contributed by atoms with Crippen LogP contribution in [0.4, 0.5) is 0 Å². The molecule has 0 aliphatic rings. The van der Waals surface area contributed by atoms with Gasteiger partial charge >= 0.3 is 0 Å². The highest BCUT2D eigenvalue weighted by atomic mass is 127. The van der Waals surface area contributed by atoms with Crippen molar-refractivity contribution < 1.29 is 14.0 Å². The van der Waals surface area contributed by atoms with E-state index >= 15 is 0 Å². The maximum atomic E-state index is 5.35. The van der Waals surface area contributed by atoms with Crippen molar-refractivity contribution >= 4 is 45.9 Å². The quantitative estimate of drug-likeness (QED) is 0.306. The molecule has 0 bridgehead atoms. The van der Waals surface area contributed by atoms with E-state index in [0.29, 0.717) is 36.5 Å². The van der Waals surface area contributed by atoms with Gasteiger partial charge in [0.15, 0.2) is 23.2 Å². The number of benzene rings is 1. The van der Waals surface area contributed by atoms with Crippen molar-refractivity contribution in [2.24, 2.45) is 4.99 Å². The lowest BCUT2D eigenvalue weighted by molar-refractivity contribution is 0.354. The van der Waals surface area contributed by atoms with Gasteiger partial charge in [-0.15, -0.1) is 24.0 Å². The average Bonchev–Trinajstić information content (AvgIpc) is 3.11. The summed E-state index contributed by atoms with van der Waals surface area (Å²) in [5.41, 5.74) is 1.96. The Hall–Kier alpha value is -1.49. The van der Waals surface area contributed by atoms with Crippen molar-refractivity contribution in [3.63, 3.8) is 0 Å². The fraction of sp³-hybridized carbons (Fsp3) is 0.444. The number of nitrogens with zero attached hydrogens (tertiary/aromatic N) is 2. The van der Waals surface area contributed by atoms with Crippen molar-refractivity contribution in [2.45, 2.75) is 32.9 Å². The smallest absolute Gasteiger partial charge is 0.191 e. The van der Waals surface area contributed by atoms with E-state index in [1.54, 1.807) is 21.3 Å². The zero-order chi connectivity index (χ0) is 19.1. The molecule has 0 fully saturated rings. The summed E-state index contributed by atoms with van der Waals surface area (Å²) >= 11 is 3.56. The zero-order valence-electron chi connectivity index (χ0n) is 16.1. The highest BCUT2D eigenvalue weighted by Crippen LogP contribution is 2.33. The van der Waals surface area contributed by atoms with Crippen molar-refractivity contribution in [1.82, 2.24) is 15.8 Å². The van der Waals surface area contributed by atoms with Gasteiger partial charge in [0.2, 0.25) is 0 Å². The second-order valence-corrected chi connectivity index (χ2v) is 6.81. The molecule has 0 atom stereocenters. The predicted molar refractivity (Wildman–Crippen MR) is 120 cm³/mol. The standard InChI is InChI=1S/C18H25BrN4O3.HI/c1-11(2)15-7-13(26-23-15)10-22-18(20-3)21-9-12-6-16(24-4)17(25-5)8-14(12)19;/h6-8,11H,9-10H2,1-5H3,(H2,20,21,22);1H. The van der Waals surface area contributed by atoms with Crippen LogP contribution in [0.15, 0.2) is 32.2 Å². The minimum absolute atomic E-state index is 0. The summed E-state index contributed by atoms with van der Waals surface area (Å²) in [5.74, 6) is 3.13. The van der Waals surface area contributed by atoms with E-state index in [1.165, 1.54) is 0 Å². The molecule has 0 unspecified atom stereocenters. The van der Waals surface area contributed by atoms with Crippen LogP contribution >= 0.6 is 39.9 Å². The van der Waals surface area contributed by atoms with Gasteiger partial charge < -0.3 is 24.6 Å². The molecule has 2 rings (SSSR count). The molecule has 0 saturated heterocycles. The third-order valence-electron chi connectivity index (χ3n) is 3.82. The molecular weight excluding hydrogens is 527 g/mol. The molecule has 0 aliphatic heterocycles. The van der Waals surface area contributed by atoms with Gasteiger partial charge in [0.25, 0.3) is 0 Å². The first-order valence-corrected chi connectivity index (χ1v) is 9.08. The third-order valence-corrected chi connectivity index (χ3v) is 4.56. The minimum atomic E-state index is 0. The third kappa shape index (κ3) is 6.56. The SMILES string of the molecule is CN=C(NCc1cc(C(C)C)no1)NCc1cc(OC)c(OC)cc1Br.I. The van der Waals surface area contributed by atoms with E-state index in [-0.39, 0.29) is 24.0 Å². The first kappa shape index (κ1) is 23.5. The minimum Gasteiger partial charge on any atom is -0.493 e. The molecule has 2 N–H and O–H groups in total. The van der Waals surface area contributed by atoms with Crippen molar-refractivity contribution in [3.05, 3.63) is 39.7 Å². The molecule has 1 heterocycles. The topological polar surface area (TPSA) is 80.9 Å². The number of nitrogens with one attached hydrogen (secondary N) is 2. The van der Waals surface area contributed by atoms with E-state index in [1.807, 2.05) is 18.2 Å². The molecule has 0 saturated carbocycles. The molecule has 0 radical (unpaired) electrons. The number of hydrogen-bond acceptors (Lipinski definition) is 5.